The van der Waals surface area contributed by atoms with Crippen molar-refractivity contribution in [3.63, 3.8) is 0 Å². The number of anilines is 1. The fraction of sp³-hybridized carbons (Fsp3) is 0. The average Bonchev–Trinajstić information content (AvgIpc) is 2.39. The van der Waals surface area contributed by atoms with Gasteiger partial charge in [0.05, 0.1) is 4.92 Å². The minimum absolute atomic E-state index is 0.0765. The number of nitro benzene ring substituents is 1. The summed E-state index contributed by atoms with van der Waals surface area (Å²) in [7, 11) is 0. The van der Waals surface area contributed by atoms with Gasteiger partial charge in [0.25, 0.3) is 11.6 Å². The molecule has 1 N–H and O–H groups in total. The first kappa shape index (κ1) is 13.0. The minimum atomic E-state index is -0.604. The lowest BCUT2D eigenvalue weighted by Crippen LogP contribution is -2.11. The van der Waals surface area contributed by atoms with Crippen LogP contribution in [0, 0.1) is 10.1 Å². The molecular formula is C12H8ClN3O3. The normalized spacial score (nSPS) is 9.95. The summed E-state index contributed by atoms with van der Waals surface area (Å²) < 4.78 is 0. The number of hydrogen-bond donors (Lipinski definition) is 1. The molecule has 2 rings (SSSR count). The minimum Gasteiger partial charge on any atom is -0.322 e. The Morgan fingerprint density at radius 1 is 1.26 bits per heavy atom. The molecule has 0 saturated heterocycles. The zero-order chi connectivity index (χ0) is 13.8. The van der Waals surface area contributed by atoms with Crippen LogP contribution < -0.4 is 5.32 Å². The van der Waals surface area contributed by atoms with Crippen LogP contribution in [-0.4, -0.2) is 15.8 Å². The van der Waals surface area contributed by atoms with Crippen molar-refractivity contribution in [1.82, 2.24) is 4.98 Å². The summed E-state index contributed by atoms with van der Waals surface area (Å²) in [6, 6.07) is 7.07. The van der Waals surface area contributed by atoms with Crippen LogP contribution in [0.5, 0.6) is 0 Å². The van der Waals surface area contributed by atoms with Crippen molar-refractivity contribution >= 4 is 28.9 Å². The van der Waals surface area contributed by atoms with Gasteiger partial charge in [0.15, 0.2) is 0 Å². The number of nitro groups is 1. The number of aromatic nitrogens is 1. The third-order valence-corrected chi connectivity index (χ3v) is 2.65. The number of carbonyl (C=O) groups is 1. The van der Waals surface area contributed by atoms with E-state index in [1.807, 2.05) is 0 Å². The van der Waals surface area contributed by atoms with Crippen LogP contribution in [0.2, 0.25) is 5.02 Å². The van der Waals surface area contributed by atoms with Crippen LogP contribution in [0.4, 0.5) is 11.4 Å². The molecule has 1 heterocycles. The Kier molecular flexibility index (Phi) is 3.72. The van der Waals surface area contributed by atoms with E-state index < -0.39 is 10.8 Å². The first-order valence-corrected chi connectivity index (χ1v) is 5.61. The summed E-state index contributed by atoms with van der Waals surface area (Å²) in [6.45, 7) is 0. The molecule has 6 nitrogen and oxygen atoms in total. The summed E-state index contributed by atoms with van der Waals surface area (Å²) in [5.74, 6) is -0.400. The molecule has 19 heavy (non-hydrogen) atoms. The molecule has 96 valence electrons. The van der Waals surface area contributed by atoms with Gasteiger partial charge < -0.3 is 5.32 Å². The molecule has 0 aliphatic carbocycles. The standard InChI is InChI=1S/C12H8ClN3O3/c13-10-7-8(1-2-11(10)16(18)19)12(17)15-9-3-5-14-6-4-9/h1-7H,(H,14,15,17). The number of amides is 1. The van der Waals surface area contributed by atoms with Crippen LogP contribution >= 0.6 is 11.6 Å². The first-order chi connectivity index (χ1) is 9.08. The Bertz CT molecular complexity index is 631. The Hall–Kier alpha value is -2.47. The van der Waals surface area contributed by atoms with Crippen LogP contribution in [0.3, 0.4) is 0 Å². The van der Waals surface area contributed by atoms with E-state index in [0.717, 1.165) is 0 Å². The third-order valence-electron chi connectivity index (χ3n) is 2.34. The van der Waals surface area contributed by atoms with Crippen LogP contribution in [-0.2, 0) is 0 Å². The van der Waals surface area contributed by atoms with Crippen LogP contribution in [0.25, 0.3) is 0 Å². The maximum absolute atomic E-state index is 11.9. The molecule has 1 aromatic carbocycles. The molecule has 0 aliphatic rings. The monoisotopic (exact) mass is 277 g/mol. The highest BCUT2D eigenvalue weighted by Crippen LogP contribution is 2.25. The summed E-state index contributed by atoms with van der Waals surface area (Å²) >= 11 is 5.74. The Balaban J connectivity index is 2.21. The molecule has 0 bridgehead atoms. The smallest absolute Gasteiger partial charge is 0.287 e. The second kappa shape index (κ2) is 5.45. The number of benzene rings is 1. The van der Waals surface area contributed by atoms with Crippen molar-refractivity contribution < 1.29 is 9.72 Å². The highest BCUT2D eigenvalue weighted by atomic mass is 35.5. The van der Waals surface area contributed by atoms with E-state index in [-0.39, 0.29) is 16.3 Å². The maximum atomic E-state index is 11.9. The molecule has 0 saturated carbocycles. The van der Waals surface area contributed by atoms with Crippen molar-refractivity contribution in [2.24, 2.45) is 0 Å². The van der Waals surface area contributed by atoms with Gasteiger partial charge in [-0.2, -0.15) is 0 Å². The number of pyridine rings is 1. The summed E-state index contributed by atoms with van der Waals surface area (Å²) in [4.78, 5) is 25.7. The van der Waals surface area contributed by atoms with Crippen molar-refractivity contribution in [2.45, 2.75) is 0 Å². The molecule has 0 radical (unpaired) electrons. The van der Waals surface area contributed by atoms with Crippen molar-refractivity contribution in [3.8, 4) is 0 Å². The number of nitrogens with one attached hydrogen (secondary N) is 1. The molecule has 7 heteroatoms. The molecular weight excluding hydrogens is 270 g/mol. The van der Waals surface area contributed by atoms with Gasteiger partial charge in [-0.25, -0.2) is 0 Å². The fourth-order valence-electron chi connectivity index (χ4n) is 1.43. The molecule has 0 aliphatic heterocycles. The second-order valence-electron chi connectivity index (χ2n) is 3.61. The van der Waals surface area contributed by atoms with E-state index in [1.54, 1.807) is 24.5 Å². The number of nitrogens with zero attached hydrogens (tertiary/aromatic N) is 2. The van der Waals surface area contributed by atoms with Crippen molar-refractivity contribution in [3.05, 3.63) is 63.4 Å². The highest BCUT2D eigenvalue weighted by molar-refractivity contribution is 6.33. The van der Waals surface area contributed by atoms with Gasteiger partial charge in [-0.1, -0.05) is 11.6 Å². The summed E-state index contributed by atoms with van der Waals surface area (Å²) in [5, 5.41) is 13.2. The van der Waals surface area contributed by atoms with Gasteiger partial charge >= 0.3 is 0 Å². The van der Waals surface area contributed by atoms with Gasteiger partial charge in [0.2, 0.25) is 0 Å². The van der Waals surface area contributed by atoms with Crippen molar-refractivity contribution in [1.29, 1.82) is 0 Å². The zero-order valence-electron chi connectivity index (χ0n) is 9.54. The topological polar surface area (TPSA) is 85.1 Å². The molecule has 0 fully saturated rings. The lowest BCUT2D eigenvalue weighted by Gasteiger charge is -2.05. The molecule has 0 unspecified atom stereocenters. The largest absolute Gasteiger partial charge is 0.322 e. The SMILES string of the molecule is O=C(Nc1ccncc1)c1ccc([N+](=O)[O-])c(Cl)c1. The van der Waals surface area contributed by atoms with E-state index in [4.69, 9.17) is 11.6 Å². The van der Waals surface area contributed by atoms with Gasteiger partial charge in [-0.15, -0.1) is 0 Å². The predicted molar refractivity (Wildman–Crippen MR) is 70.3 cm³/mol. The Labute approximate surface area is 113 Å². The first-order valence-electron chi connectivity index (χ1n) is 5.23. The highest BCUT2D eigenvalue weighted by Gasteiger charge is 2.15. The van der Waals surface area contributed by atoms with Gasteiger partial charge in [0, 0.05) is 29.7 Å². The van der Waals surface area contributed by atoms with E-state index in [9.17, 15) is 14.9 Å². The van der Waals surface area contributed by atoms with Gasteiger partial charge in [0.1, 0.15) is 5.02 Å². The number of carbonyl (C=O) groups excluding carboxylic acids is 1. The van der Waals surface area contributed by atoms with Crippen LogP contribution in [0.1, 0.15) is 10.4 Å². The molecule has 1 amide bonds. The van der Waals surface area contributed by atoms with E-state index >= 15 is 0 Å². The molecule has 1 aromatic heterocycles. The van der Waals surface area contributed by atoms with E-state index in [0.29, 0.717) is 5.69 Å². The van der Waals surface area contributed by atoms with Gasteiger partial charge in [-0.3, -0.25) is 19.9 Å². The van der Waals surface area contributed by atoms with E-state index in [2.05, 4.69) is 10.3 Å². The molecule has 2 aromatic rings. The summed E-state index contributed by atoms with van der Waals surface area (Å²) in [6.07, 6.45) is 3.08. The predicted octanol–water partition coefficient (Wildman–Crippen LogP) is 2.90. The van der Waals surface area contributed by atoms with Gasteiger partial charge in [-0.05, 0) is 24.3 Å². The lowest BCUT2D eigenvalue weighted by molar-refractivity contribution is -0.384. The molecule has 0 spiro atoms. The third kappa shape index (κ3) is 3.05. The Morgan fingerprint density at radius 2 is 1.95 bits per heavy atom. The Morgan fingerprint density at radius 3 is 2.53 bits per heavy atom. The number of rotatable bonds is 3. The quantitative estimate of drug-likeness (QED) is 0.690. The summed E-state index contributed by atoms with van der Waals surface area (Å²) in [5.41, 5.74) is 0.587. The van der Waals surface area contributed by atoms with Crippen molar-refractivity contribution in [2.75, 3.05) is 5.32 Å². The lowest BCUT2D eigenvalue weighted by atomic mass is 10.2. The number of hydrogen-bond acceptors (Lipinski definition) is 4. The van der Waals surface area contributed by atoms with E-state index in [1.165, 1.54) is 18.2 Å². The fourth-order valence-corrected chi connectivity index (χ4v) is 1.68. The maximum Gasteiger partial charge on any atom is 0.287 e. The number of halogens is 1. The van der Waals surface area contributed by atoms with Crippen LogP contribution in [0.15, 0.2) is 42.7 Å². The molecule has 0 atom stereocenters. The average molecular weight is 278 g/mol. The second-order valence-corrected chi connectivity index (χ2v) is 4.02. The zero-order valence-corrected chi connectivity index (χ0v) is 10.3.